The smallest absolute Gasteiger partial charge is 0.246 e. The number of carbonyl (C=O) groups excluding carboxylic acids is 1. The quantitative estimate of drug-likeness (QED) is 0.759. The summed E-state index contributed by atoms with van der Waals surface area (Å²) in [6.07, 6.45) is 7.49. The van der Waals surface area contributed by atoms with Crippen LogP contribution in [0.15, 0.2) is 36.5 Å². The van der Waals surface area contributed by atoms with Crippen LogP contribution in [-0.2, 0) is 4.79 Å². The van der Waals surface area contributed by atoms with Crippen LogP contribution in [0.25, 0.3) is 0 Å². The van der Waals surface area contributed by atoms with Gasteiger partial charge in [0.2, 0.25) is 11.9 Å². The molecule has 3 heterocycles. The molecule has 1 aliphatic rings. The lowest BCUT2D eigenvalue weighted by atomic mass is 9.91. The number of hydrogen-bond donors (Lipinski definition) is 1. The van der Waals surface area contributed by atoms with E-state index >= 15 is 0 Å². The first-order chi connectivity index (χ1) is 13.9. The van der Waals surface area contributed by atoms with Crippen molar-refractivity contribution in [2.24, 2.45) is 0 Å². The van der Waals surface area contributed by atoms with Crippen molar-refractivity contribution in [3.05, 3.63) is 53.5 Å². The van der Waals surface area contributed by atoms with Crippen molar-refractivity contribution in [3.8, 4) is 0 Å². The van der Waals surface area contributed by atoms with Crippen molar-refractivity contribution in [3.63, 3.8) is 0 Å². The standard InChI is InChI=1S/C22H30N6O/c1-16-13-17(2)25-22(24-16)26-20-14-18(9-10-23-20)19-7-5-12-28(15-19)21(29)8-6-11-27(3)4/h6,8-10,13-14,19H,5,7,11-12,15H2,1-4H3,(H,23,24,25,26). The minimum atomic E-state index is 0.0904. The second-order valence-corrected chi connectivity index (χ2v) is 7.86. The number of anilines is 2. The SMILES string of the molecule is Cc1cc(C)nc(Nc2cc(C3CCCN(C(=O)C=CCN(C)C)C3)ccn2)n1. The fourth-order valence-corrected chi connectivity index (χ4v) is 3.58. The topological polar surface area (TPSA) is 74.2 Å². The van der Waals surface area contributed by atoms with Gasteiger partial charge in [0, 0.05) is 49.2 Å². The number of piperidine rings is 1. The van der Waals surface area contributed by atoms with Gasteiger partial charge in [-0.05, 0) is 64.5 Å². The highest BCUT2D eigenvalue weighted by molar-refractivity contribution is 5.87. The molecule has 1 fully saturated rings. The molecule has 0 aliphatic carbocycles. The van der Waals surface area contributed by atoms with Crippen LogP contribution in [-0.4, -0.2) is 64.4 Å². The Kier molecular flexibility index (Phi) is 6.93. The van der Waals surface area contributed by atoms with E-state index in [1.807, 2.05) is 62.0 Å². The number of nitrogens with one attached hydrogen (secondary N) is 1. The zero-order valence-corrected chi connectivity index (χ0v) is 17.7. The van der Waals surface area contributed by atoms with Crippen molar-refractivity contribution < 1.29 is 4.79 Å². The van der Waals surface area contributed by atoms with Crippen molar-refractivity contribution >= 4 is 17.7 Å². The summed E-state index contributed by atoms with van der Waals surface area (Å²) in [5.74, 6) is 1.67. The lowest BCUT2D eigenvalue weighted by Crippen LogP contribution is -2.38. The van der Waals surface area contributed by atoms with Gasteiger partial charge in [0.1, 0.15) is 5.82 Å². The van der Waals surface area contributed by atoms with Crippen LogP contribution < -0.4 is 5.32 Å². The largest absolute Gasteiger partial charge is 0.339 e. The Morgan fingerprint density at radius 2 is 2.03 bits per heavy atom. The maximum atomic E-state index is 12.5. The monoisotopic (exact) mass is 394 g/mol. The molecule has 1 N–H and O–H groups in total. The molecule has 0 radical (unpaired) electrons. The number of aryl methyl sites for hydroxylation is 2. The molecular formula is C22H30N6O. The lowest BCUT2D eigenvalue weighted by Gasteiger charge is -2.32. The first-order valence-electron chi connectivity index (χ1n) is 10.1. The molecule has 3 rings (SSSR count). The zero-order chi connectivity index (χ0) is 20.8. The molecule has 1 unspecified atom stereocenters. The van der Waals surface area contributed by atoms with E-state index in [1.165, 1.54) is 5.56 Å². The molecule has 0 bridgehead atoms. The summed E-state index contributed by atoms with van der Waals surface area (Å²) in [5.41, 5.74) is 3.02. The van der Waals surface area contributed by atoms with E-state index in [1.54, 1.807) is 12.3 Å². The second-order valence-electron chi connectivity index (χ2n) is 7.86. The van der Waals surface area contributed by atoms with E-state index in [9.17, 15) is 4.79 Å². The molecule has 7 nitrogen and oxygen atoms in total. The van der Waals surface area contributed by atoms with Gasteiger partial charge in [-0.1, -0.05) is 6.08 Å². The van der Waals surface area contributed by atoms with E-state index in [4.69, 9.17) is 0 Å². The summed E-state index contributed by atoms with van der Waals surface area (Å²) >= 11 is 0. The molecule has 2 aromatic heterocycles. The Hall–Kier alpha value is -2.80. The predicted molar refractivity (Wildman–Crippen MR) is 115 cm³/mol. The Labute approximate surface area is 172 Å². The number of rotatable bonds is 6. The van der Waals surface area contributed by atoms with Gasteiger partial charge >= 0.3 is 0 Å². The van der Waals surface area contributed by atoms with E-state index < -0.39 is 0 Å². The van der Waals surface area contributed by atoms with Crippen LogP contribution in [0.2, 0.25) is 0 Å². The molecule has 7 heteroatoms. The molecule has 29 heavy (non-hydrogen) atoms. The summed E-state index contributed by atoms with van der Waals surface area (Å²) in [6, 6.07) is 6.02. The van der Waals surface area contributed by atoms with E-state index in [0.717, 1.165) is 49.7 Å². The first-order valence-corrected chi connectivity index (χ1v) is 10.1. The highest BCUT2D eigenvalue weighted by atomic mass is 16.2. The van der Waals surface area contributed by atoms with Crippen LogP contribution in [0.3, 0.4) is 0 Å². The molecule has 2 aromatic rings. The van der Waals surface area contributed by atoms with Gasteiger partial charge in [0.15, 0.2) is 0 Å². The zero-order valence-electron chi connectivity index (χ0n) is 17.7. The van der Waals surface area contributed by atoms with E-state index in [0.29, 0.717) is 11.9 Å². The third kappa shape index (κ3) is 6.09. The number of nitrogens with zero attached hydrogens (tertiary/aromatic N) is 5. The van der Waals surface area contributed by atoms with Crippen LogP contribution in [0.4, 0.5) is 11.8 Å². The average Bonchev–Trinajstić information content (AvgIpc) is 2.67. The average molecular weight is 395 g/mol. The van der Waals surface area contributed by atoms with Crippen LogP contribution >= 0.6 is 0 Å². The molecule has 0 spiro atoms. The minimum Gasteiger partial charge on any atom is -0.339 e. The van der Waals surface area contributed by atoms with Gasteiger partial charge < -0.3 is 15.1 Å². The van der Waals surface area contributed by atoms with Gasteiger partial charge in [-0.15, -0.1) is 0 Å². The first kappa shape index (κ1) is 20.9. The fraction of sp³-hybridized carbons (Fsp3) is 0.455. The van der Waals surface area contributed by atoms with Crippen molar-refractivity contribution in [1.82, 2.24) is 24.8 Å². The third-order valence-corrected chi connectivity index (χ3v) is 4.94. The Bertz CT molecular complexity index is 859. The number of pyridine rings is 1. The van der Waals surface area contributed by atoms with E-state index in [2.05, 4.69) is 20.3 Å². The second kappa shape index (κ2) is 9.60. The summed E-state index contributed by atoms with van der Waals surface area (Å²) in [5, 5.41) is 3.21. The van der Waals surface area contributed by atoms with Crippen molar-refractivity contribution in [2.45, 2.75) is 32.6 Å². The third-order valence-electron chi connectivity index (χ3n) is 4.94. The molecule has 1 saturated heterocycles. The number of likely N-dealkylation sites (N-methyl/N-ethyl adjacent to an activating group) is 1. The number of hydrogen-bond acceptors (Lipinski definition) is 6. The van der Waals surface area contributed by atoms with Gasteiger partial charge in [-0.2, -0.15) is 0 Å². The van der Waals surface area contributed by atoms with Crippen molar-refractivity contribution in [1.29, 1.82) is 0 Å². The Morgan fingerprint density at radius 3 is 2.76 bits per heavy atom. The normalized spacial score (nSPS) is 17.1. The molecule has 1 atom stereocenters. The Balaban J connectivity index is 1.68. The summed E-state index contributed by atoms with van der Waals surface area (Å²) in [4.78, 5) is 29.7. The predicted octanol–water partition coefficient (Wildman–Crippen LogP) is 3.06. The number of aromatic nitrogens is 3. The highest BCUT2D eigenvalue weighted by Gasteiger charge is 2.24. The van der Waals surface area contributed by atoms with Crippen LogP contribution in [0, 0.1) is 13.8 Å². The lowest BCUT2D eigenvalue weighted by molar-refractivity contribution is -0.127. The summed E-state index contributed by atoms with van der Waals surface area (Å²) in [7, 11) is 3.98. The minimum absolute atomic E-state index is 0.0904. The maximum Gasteiger partial charge on any atom is 0.246 e. The number of likely N-dealkylation sites (tertiary alicyclic amines) is 1. The fourth-order valence-electron chi connectivity index (χ4n) is 3.58. The van der Waals surface area contributed by atoms with Crippen LogP contribution in [0.1, 0.15) is 35.7 Å². The Morgan fingerprint density at radius 1 is 1.28 bits per heavy atom. The molecular weight excluding hydrogens is 364 g/mol. The van der Waals surface area contributed by atoms with Gasteiger partial charge in [0.25, 0.3) is 0 Å². The van der Waals surface area contributed by atoms with Gasteiger partial charge in [0.05, 0.1) is 0 Å². The molecule has 154 valence electrons. The summed E-state index contributed by atoms with van der Waals surface area (Å²) in [6.45, 7) is 6.21. The van der Waals surface area contributed by atoms with E-state index in [-0.39, 0.29) is 5.91 Å². The highest BCUT2D eigenvalue weighted by Crippen LogP contribution is 2.28. The van der Waals surface area contributed by atoms with Crippen LogP contribution in [0.5, 0.6) is 0 Å². The number of carbonyl (C=O) groups is 1. The van der Waals surface area contributed by atoms with Crippen molar-refractivity contribution in [2.75, 3.05) is 39.0 Å². The molecule has 0 saturated carbocycles. The maximum absolute atomic E-state index is 12.5. The van der Waals surface area contributed by atoms with Gasteiger partial charge in [-0.25, -0.2) is 15.0 Å². The molecule has 0 aromatic carbocycles. The molecule has 1 amide bonds. The number of amides is 1. The molecule has 1 aliphatic heterocycles. The summed E-state index contributed by atoms with van der Waals surface area (Å²) < 4.78 is 0. The van der Waals surface area contributed by atoms with Gasteiger partial charge in [-0.3, -0.25) is 4.79 Å².